The number of pyridine rings is 1. The molecule has 0 aliphatic carbocycles. The molecule has 0 bridgehead atoms. The standard InChI is InChI=1S/C19H15NO/c1-12-9-10-14-15-6-4-7-16(19(15)21-18(14)11-12)17-8-3-5-13(2)20-17/h3-11H,1-2H3. The average Bonchev–Trinajstić information content (AvgIpc) is 2.84. The Kier molecular flexibility index (Phi) is 2.58. The van der Waals surface area contributed by atoms with E-state index in [9.17, 15) is 0 Å². The van der Waals surface area contributed by atoms with E-state index in [1.54, 1.807) is 0 Å². The van der Waals surface area contributed by atoms with Crippen LogP contribution in [-0.2, 0) is 0 Å². The molecule has 0 saturated carbocycles. The highest BCUT2D eigenvalue weighted by atomic mass is 16.3. The van der Waals surface area contributed by atoms with Crippen molar-refractivity contribution >= 4 is 21.9 Å². The van der Waals surface area contributed by atoms with Crippen LogP contribution in [-0.4, -0.2) is 4.98 Å². The zero-order valence-corrected chi connectivity index (χ0v) is 12.1. The van der Waals surface area contributed by atoms with Crippen LogP contribution in [0.25, 0.3) is 33.2 Å². The second-order valence-corrected chi connectivity index (χ2v) is 5.45. The van der Waals surface area contributed by atoms with E-state index in [2.05, 4.69) is 48.3 Å². The molecule has 21 heavy (non-hydrogen) atoms. The van der Waals surface area contributed by atoms with E-state index >= 15 is 0 Å². The molecule has 2 heterocycles. The fourth-order valence-electron chi connectivity index (χ4n) is 2.80. The van der Waals surface area contributed by atoms with Gasteiger partial charge in [-0.05, 0) is 43.7 Å². The van der Waals surface area contributed by atoms with E-state index in [1.807, 2.05) is 25.1 Å². The van der Waals surface area contributed by atoms with Gasteiger partial charge in [0, 0.05) is 22.0 Å². The van der Waals surface area contributed by atoms with Gasteiger partial charge in [-0.3, -0.25) is 4.98 Å². The lowest BCUT2D eigenvalue weighted by Gasteiger charge is -2.02. The van der Waals surface area contributed by atoms with Crippen LogP contribution in [0.5, 0.6) is 0 Å². The summed E-state index contributed by atoms with van der Waals surface area (Å²) in [6.45, 7) is 4.08. The summed E-state index contributed by atoms with van der Waals surface area (Å²) in [7, 11) is 0. The van der Waals surface area contributed by atoms with Crippen LogP contribution in [0.1, 0.15) is 11.3 Å². The molecule has 2 aromatic heterocycles. The van der Waals surface area contributed by atoms with Gasteiger partial charge in [-0.15, -0.1) is 0 Å². The maximum absolute atomic E-state index is 6.12. The molecule has 0 fully saturated rings. The summed E-state index contributed by atoms with van der Waals surface area (Å²) in [6, 6.07) is 18.6. The molecule has 0 atom stereocenters. The van der Waals surface area contributed by atoms with Gasteiger partial charge >= 0.3 is 0 Å². The van der Waals surface area contributed by atoms with Gasteiger partial charge in [-0.25, -0.2) is 0 Å². The molecular weight excluding hydrogens is 258 g/mol. The van der Waals surface area contributed by atoms with Crippen molar-refractivity contribution in [3.05, 3.63) is 65.9 Å². The van der Waals surface area contributed by atoms with Gasteiger partial charge in [-0.1, -0.05) is 30.3 Å². The summed E-state index contributed by atoms with van der Waals surface area (Å²) in [6.07, 6.45) is 0. The van der Waals surface area contributed by atoms with Crippen LogP contribution in [0.15, 0.2) is 59.0 Å². The molecule has 2 nitrogen and oxygen atoms in total. The van der Waals surface area contributed by atoms with Crippen LogP contribution >= 0.6 is 0 Å². The molecule has 0 unspecified atom stereocenters. The Morgan fingerprint density at radius 3 is 2.57 bits per heavy atom. The van der Waals surface area contributed by atoms with E-state index < -0.39 is 0 Å². The van der Waals surface area contributed by atoms with Gasteiger partial charge in [0.2, 0.25) is 0 Å². The topological polar surface area (TPSA) is 26.0 Å². The fourth-order valence-corrected chi connectivity index (χ4v) is 2.80. The van der Waals surface area contributed by atoms with Crippen molar-refractivity contribution in [1.82, 2.24) is 4.98 Å². The Labute approximate surface area is 123 Å². The van der Waals surface area contributed by atoms with Gasteiger partial charge in [0.25, 0.3) is 0 Å². The molecule has 0 radical (unpaired) electrons. The number of aromatic nitrogens is 1. The maximum Gasteiger partial charge on any atom is 0.144 e. The number of fused-ring (bicyclic) bond motifs is 3. The van der Waals surface area contributed by atoms with Crippen LogP contribution in [0.4, 0.5) is 0 Å². The summed E-state index contributed by atoms with van der Waals surface area (Å²) in [5.74, 6) is 0. The van der Waals surface area contributed by atoms with Crippen molar-refractivity contribution in [1.29, 1.82) is 0 Å². The lowest BCUT2D eigenvalue weighted by atomic mass is 10.1. The lowest BCUT2D eigenvalue weighted by Crippen LogP contribution is -1.86. The SMILES string of the molecule is Cc1ccc2c(c1)oc1c(-c3cccc(C)n3)cccc12. The van der Waals surface area contributed by atoms with E-state index in [1.165, 1.54) is 5.56 Å². The van der Waals surface area contributed by atoms with Crippen molar-refractivity contribution in [3.8, 4) is 11.3 Å². The van der Waals surface area contributed by atoms with Gasteiger partial charge in [0.1, 0.15) is 11.2 Å². The predicted molar refractivity (Wildman–Crippen MR) is 86.4 cm³/mol. The van der Waals surface area contributed by atoms with Crippen molar-refractivity contribution in [2.75, 3.05) is 0 Å². The summed E-state index contributed by atoms with van der Waals surface area (Å²) in [5.41, 5.74) is 6.07. The van der Waals surface area contributed by atoms with Gasteiger partial charge < -0.3 is 4.42 Å². The number of furan rings is 1. The first-order valence-corrected chi connectivity index (χ1v) is 7.08. The number of rotatable bonds is 1. The molecule has 2 heteroatoms. The first kappa shape index (κ1) is 12.2. The van der Waals surface area contributed by atoms with Gasteiger partial charge in [0.05, 0.1) is 5.69 Å². The first-order valence-electron chi connectivity index (χ1n) is 7.08. The molecule has 2 aromatic carbocycles. The third-order valence-corrected chi connectivity index (χ3v) is 3.82. The third kappa shape index (κ3) is 1.91. The monoisotopic (exact) mass is 273 g/mol. The van der Waals surface area contributed by atoms with Crippen LogP contribution in [0.3, 0.4) is 0 Å². The second-order valence-electron chi connectivity index (χ2n) is 5.45. The number of benzene rings is 2. The number of aryl methyl sites for hydroxylation is 2. The van der Waals surface area contributed by atoms with Crippen LogP contribution in [0.2, 0.25) is 0 Å². The van der Waals surface area contributed by atoms with Crippen molar-refractivity contribution in [2.24, 2.45) is 0 Å². The van der Waals surface area contributed by atoms with E-state index in [0.29, 0.717) is 0 Å². The molecule has 0 aliphatic rings. The summed E-state index contributed by atoms with van der Waals surface area (Å²) in [4.78, 5) is 4.62. The van der Waals surface area contributed by atoms with Gasteiger partial charge in [0.15, 0.2) is 0 Å². The highest BCUT2D eigenvalue weighted by Gasteiger charge is 2.12. The molecular formula is C19H15NO. The Hall–Kier alpha value is -2.61. The van der Waals surface area contributed by atoms with Gasteiger partial charge in [-0.2, -0.15) is 0 Å². The molecule has 4 aromatic rings. The van der Waals surface area contributed by atoms with Crippen LogP contribution in [0, 0.1) is 13.8 Å². The minimum Gasteiger partial charge on any atom is -0.455 e. The molecule has 0 saturated heterocycles. The quantitative estimate of drug-likeness (QED) is 0.472. The smallest absolute Gasteiger partial charge is 0.144 e. The summed E-state index contributed by atoms with van der Waals surface area (Å²) in [5, 5.41) is 2.30. The Morgan fingerprint density at radius 2 is 1.71 bits per heavy atom. The third-order valence-electron chi connectivity index (χ3n) is 3.82. The first-order chi connectivity index (χ1) is 10.2. The Morgan fingerprint density at radius 1 is 0.857 bits per heavy atom. The average molecular weight is 273 g/mol. The van der Waals surface area contributed by atoms with Crippen molar-refractivity contribution in [2.45, 2.75) is 13.8 Å². The van der Waals surface area contributed by atoms with Crippen LogP contribution < -0.4 is 0 Å². The predicted octanol–water partition coefficient (Wildman–Crippen LogP) is 5.26. The molecule has 0 N–H and O–H groups in total. The van der Waals surface area contributed by atoms with E-state index in [-0.39, 0.29) is 0 Å². The zero-order chi connectivity index (χ0) is 14.4. The lowest BCUT2D eigenvalue weighted by molar-refractivity contribution is 0.669. The fraction of sp³-hybridized carbons (Fsp3) is 0.105. The Balaban J connectivity index is 2.08. The molecule has 0 aliphatic heterocycles. The molecule has 102 valence electrons. The highest BCUT2D eigenvalue weighted by Crippen LogP contribution is 2.35. The second kappa shape index (κ2) is 4.45. The number of hydrogen-bond acceptors (Lipinski definition) is 2. The Bertz CT molecular complexity index is 966. The summed E-state index contributed by atoms with van der Waals surface area (Å²) >= 11 is 0. The normalized spacial score (nSPS) is 11.3. The summed E-state index contributed by atoms with van der Waals surface area (Å²) < 4.78 is 6.12. The zero-order valence-electron chi connectivity index (χ0n) is 12.1. The minimum absolute atomic E-state index is 0.913. The maximum atomic E-state index is 6.12. The molecule has 0 spiro atoms. The van der Waals surface area contributed by atoms with E-state index in [4.69, 9.17) is 4.42 Å². The highest BCUT2D eigenvalue weighted by molar-refractivity contribution is 6.09. The largest absolute Gasteiger partial charge is 0.455 e. The minimum atomic E-state index is 0.913. The van der Waals surface area contributed by atoms with E-state index in [0.717, 1.165) is 38.9 Å². The van der Waals surface area contributed by atoms with Crippen molar-refractivity contribution in [3.63, 3.8) is 0 Å². The number of nitrogens with zero attached hydrogens (tertiary/aromatic N) is 1. The number of para-hydroxylation sites is 1. The molecule has 0 amide bonds. The number of hydrogen-bond donors (Lipinski definition) is 0. The van der Waals surface area contributed by atoms with Crippen molar-refractivity contribution < 1.29 is 4.42 Å². The molecule has 4 rings (SSSR count).